The van der Waals surface area contributed by atoms with Crippen molar-refractivity contribution in [3.8, 4) is 0 Å². The number of rotatable bonds is 24. The van der Waals surface area contributed by atoms with E-state index in [9.17, 15) is 27.9 Å². The molecule has 0 radical (unpaired) electrons. The van der Waals surface area contributed by atoms with Gasteiger partial charge in [-0.2, -0.15) is 4.20 Å². The van der Waals surface area contributed by atoms with E-state index >= 15 is 0 Å². The molecule has 0 aromatic rings. The van der Waals surface area contributed by atoms with Crippen molar-refractivity contribution < 1.29 is 37.6 Å². The van der Waals surface area contributed by atoms with Gasteiger partial charge in [-0.3, -0.25) is 18.9 Å². The van der Waals surface area contributed by atoms with Crippen LogP contribution >= 0.6 is 19.4 Å². The van der Waals surface area contributed by atoms with Crippen LogP contribution in [0.2, 0.25) is 0 Å². The van der Waals surface area contributed by atoms with E-state index in [0.29, 0.717) is 50.9 Å². The highest BCUT2D eigenvalue weighted by molar-refractivity contribution is 8.01. The Balaban J connectivity index is 1.51. The molecule has 4 atom stereocenters. The number of unbranched alkanes of at least 4 members (excludes halogenated alkanes) is 9. The predicted molar refractivity (Wildman–Crippen MR) is 163 cm³/mol. The van der Waals surface area contributed by atoms with Crippen LogP contribution in [0, 0.1) is 0 Å². The number of hydrogen-bond acceptors (Lipinski definition) is 7. The predicted octanol–water partition coefficient (Wildman–Crippen LogP) is 4.89. The summed E-state index contributed by atoms with van der Waals surface area (Å²) in [6.07, 6.45) is 10.8. The molecule has 4 amide bonds. The van der Waals surface area contributed by atoms with Crippen molar-refractivity contribution in [3.63, 3.8) is 0 Å². The molecule has 0 aromatic carbocycles. The number of amides is 4. The molecule has 2 aliphatic heterocycles. The summed E-state index contributed by atoms with van der Waals surface area (Å²) in [7, 11) is -3.90. The number of nitrogens with one attached hydrogen (secondary N) is 4. The van der Waals surface area contributed by atoms with Crippen molar-refractivity contribution in [3.05, 3.63) is 0 Å². The maximum atomic E-state index is 13.5. The highest BCUT2D eigenvalue weighted by Crippen LogP contribution is 2.49. The summed E-state index contributed by atoms with van der Waals surface area (Å²) in [5, 5.41) is 20.7. The average Bonchev–Trinajstić information content (AvgIpc) is 3.47. The van der Waals surface area contributed by atoms with Crippen LogP contribution in [-0.2, 0) is 23.5 Å². The van der Waals surface area contributed by atoms with E-state index in [0.717, 1.165) is 57.8 Å². The molecule has 242 valence electrons. The second-order valence-corrected chi connectivity index (χ2v) is 14.4. The summed E-state index contributed by atoms with van der Waals surface area (Å²) in [4.78, 5) is 48.1. The fourth-order valence-electron chi connectivity index (χ4n) is 5.48. The monoisotopic (exact) mass is 636 g/mol. The molecule has 5 N–H and O–H groups in total. The smallest absolute Gasteiger partial charge is 0.367 e. The molecule has 11 nitrogen and oxygen atoms in total. The normalized spacial score (nSPS) is 22.6. The number of halogens is 1. The van der Waals surface area contributed by atoms with Crippen LogP contribution in [0.4, 0.5) is 8.99 Å². The topological polar surface area (TPSA) is 163 Å². The van der Waals surface area contributed by atoms with Crippen LogP contribution in [0.1, 0.15) is 103 Å². The SMILES string of the molecule is CCOP(=O)(F)CCCCCCCCCC(=O)NCCCCCNC(=O)[C@@]1(CCCCC(=O)O)SC[C@@H]2NC(=O)N[C@@H]21. The van der Waals surface area contributed by atoms with Gasteiger partial charge in [0.2, 0.25) is 11.8 Å². The first-order chi connectivity index (χ1) is 20.1. The van der Waals surface area contributed by atoms with E-state index in [1.165, 1.54) is 11.8 Å². The van der Waals surface area contributed by atoms with Gasteiger partial charge in [-0.15, -0.1) is 11.8 Å². The summed E-state index contributed by atoms with van der Waals surface area (Å²) in [5.41, 5.74) is 0. The fourth-order valence-corrected chi connectivity index (χ4v) is 8.24. The van der Waals surface area contributed by atoms with E-state index < -0.39 is 18.4 Å². The summed E-state index contributed by atoms with van der Waals surface area (Å²) < 4.78 is 28.7. The van der Waals surface area contributed by atoms with Gasteiger partial charge in [0.15, 0.2) is 0 Å². The van der Waals surface area contributed by atoms with Gasteiger partial charge < -0.3 is 30.9 Å². The van der Waals surface area contributed by atoms with Gasteiger partial charge in [0, 0.05) is 31.7 Å². The number of urea groups is 1. The summed E-state index contributed by atoms with van der Waals surface area (Å²) >= 11 is 1.53. The molecular weight excluding hydrogens is 586 g/mol. The first-order valence-electron chi connectivity index (χ1n) is 15.5. The molecule has 2 rings (SSSR count). The first kappa shape index (κ1) is 36.3. The number of thioether (sulfide) groups is 1. The van der Waals surface area contributed by atoms with Crippen molar-refractivity contribution in [1.82, 2.24) is 21.3 Å². The Kier molecular flexibility index (Phi) is 16.8. The van der Waals surface area contributed by atoms with Gasteiger partial charge in [-0.1, -0.05) is 38.5 Å². The minimum atomic E-state index is -3.90. The average molecular weight is 637 g/mol. The number of carboxylic acids is 1. The first-order valence-corrected chi connectivity index (χ1v) is 18.2. The number of carboxylic acid groups (broad SMARTS) is 1. The molecule has 42 heavy (non-hydrogen) atoms. The fraction of sp³-hybridized carbons (Fsp3) is 0.857. The van der Waals surface area contributed by atoms with Gasteiger partial charge in [0.05, 0.1) is 24.9 Å². The molecule has 2 fully saturated rings. The van der Waals surface area contributed by atoms with Crippen LogP contribution in [0.15, 0.2) is 0 Å². The van der Waals surface area contributed by atoms with Crippen LogP contribution < -0.4 is 21.3 Å². The van der Waals surface area contributed by atoms with E-state index in [4.69, 9.17) is 5.11 Å². The third-order valence-electron chi connectivity index (χ3n) is 7.71. The summed E-state index contributed by atoms with van der Waals surface area (Å²) in [6, 6.07) is -0.696. The third-order valence-corrected chi connectivity index (χ3v) is 10.9. The molecular formula is C28H50FN4O7PS. The molecule has 1 unspecified atom stereocenters. The van der Waals surface area contributed by atoms with Gasteiger partial charge >= 0.3 is 19.7 Å². The molecule has 14 heteroatoms. The van der Waals surface area contributed by atoms with E-state index in [1.807, 2.05) is 0 Å². The highest BCUT2D eigenvalue weighted by atomic mass is 32.2. The molecule has 2 saturated heterocycles. The van der Waals surface area contributed by atoms with Crippen LogP contribution in [-0.4, -0.2) is 77.4 Å². The van der Waals surface area contributed by atoms with Crippen molar-refractivity contribution in [1.29, 1.82) is 0 Å². The Hall–Kier alpha value is -1.85. The number of aliphatic carboxylic acids is 1. The van der Waals surface area contributed by atoms with Crippen molar-refractivity contribution >= 4 is 43.3 Å². The summed E-state index contributed by atoms with van der Waals surface area (Å²) in [5.74, 6) is -0.286. The van der Waals surface area contributed by atoms with Crippen molar-refractivity contribution in [2.75, 3.05) is 31.6 Å². The maximum Gasteiger partial charge on any atom is 0.367 e. The Morgan fingerprint density at radius 1 is 0.952 bits per heavy atom. The number of carbonyl (C=O) groups excluding carboxylic acids is 3. The lowest BCUT2D eigenvalue weighted by Gasteiger charge is -2.32. The number of hydrogen-bond donors (Lipinski definition) is 5. The zero-order valence-electron chi connectivity index (χ0n) is 24.9. The minimum Gasteiger partial charge on any atom is -0.481 e. The Labute approximate surface area is 253 Å². The molecule has 2 heterocycles. The van der Waals surface area contributed by atoms with Crippen molar-refractivity contribution in [2.24, 2.45) is 0 Å². The van der Waals surface area contributed by atoms with Crippen LogP contribution in [0.25, 0.3) is 0 Å². The number of fused-ring (bicyclic) bond motifs is 1. The van der Waals surface area contributed by atoms with Crippen molar-refractivity contribution in [2.45, 2.75) is 120 Å². The molecule has 2 aliphatic rings. The second-order valence-electron chi connectivity index (χ2n) is 11.1. The maximum absolute atomic E-state index is 13.5. The zero-order valence-corrected chi connectivity index (χ0v) is 26.6. The number of carbonyl (C=O) groups is 4. The molecule has 0 spiro atoms. The Morgan fingerprint density at radius 3 is 2.26 bits per heavy atom. The third kappa shape index (κ3) is 13.2. The van der Waals surface area contributed by atoms with Gasteiger partial charge in [0.1, 0.15) is 4.75 Å². The lowest BCUT2D eigenvalue weighted by atomic mass is 9.88. The van der Waals surface area contributed by atoms with Crippen LogP contribution in [0.5, 0.6) is 0 Å². The van der Waals surface area contributed by atoms with Gasteiger partial charge in [0.25, 0.3) is 0 Å². The van der Waals surface area contributed by atoms with E-state index in [2.05, 4.69) is 25.8 Å². The Morgan fingerprint density at radius 2 is 1.57 bits per heavy atom. The zero-order chi connectivity index (χ0) is 30.8. The lowest BCUT2D eigenvalue weighted by molar-refractivity contribution is -0.137. The molecule has 0 aromatic heterocycles. The lowest BCUT2D eigenvalue weighted by Crippen LogP contribution is -2.56. The van der Waals surface area contributed by atoms with Gasteiger partial charge in [-0.05, 0) is 51.9 Å². The highest BCUT2D eigenvalue weighted by Gasteiger charge is 2.57. The quantitative estimate of drug-likeness (QED) is 0.0568. The largest absolute Gasteiger partial charge is 0.481 e. The standard InChI is InChI=1S/C28H50FN4O7PS/c1-2-40-41(29,39)20-14-7-5-3-4-6-9-15-23(34)30-18-12-8-13-19-31-26(37)28(17-11-10-16-24(35)36)25-22(21-42-28)32-27(38)33-25/h22,25H,2-21H2,1H3,(H,30,34)(H,31,37)(H,35,36)(H2,32,33,38)/t22-,25-,28-,41?/m0/s1. The van der Waals surface area contributed by atoms with Crippen LogP contribution in [0.3, 0.4) is 0 Å². The molecule has 0 aliphatic carbocycles. The second kappa shape index (κ2) is 19.4. The summed E-state index contributed by atoms with van der Waals surface area (Å²) in [6.45, 7) is 2.86. The van der Waals surface area contributed by atoms with E-state index in [1.54, 1.807) is 6.92 Å². The minimum absolute atomic E-state index is 0.00725. The van der Waals surface area contributed by atoms with Gasteiger partial charge in [-0.25, -0.2) is 4.79 Å². The molecule has 0 saturated carbocycles. The van der Waals surface area contributed by atoms with E-state index in [-0.39, 0.29) is 49.1 Å². The Bertz CT molecular complexity index is 931. The molecule has 0 bridgehead atoms.